The van der Waals surface area contributed by atoms with Crippen molar-refractivity contribution in [1.82, 2.24) is 39.0 Å². The number of hydrogen-bond donors (Lipinski definition) is 0. The van der Waals surface area contributed by atoms with E-state index in [1.165, 1.54) is 4.57 Å². The van der Waals surface area contributed by atoms with Crippen LogP contribution in [-0.4, -0.2) is 45.8 Å². The summed E-state index contributed by atoms with van der Waals surface area (Å²) in [7, 11) is 0. The maximum atomic E-state index is 10.6. The van der Waals surface area contributed by atoms with Crippen LogP contribution >= 0.6 is 0 Å². The number of hydrogen-bond acceptors (Lipinski definition) is 8. The Hall–Kier alpha value is -15.2. The molecule has 622 valence electrons. The summed E-state index contributed by atoms with van der Waals surface area (Å²) in [5.74, 6) is 1.84. The van der Waals surface area contributed by atoms with Gasteiger partial charge in [-0.05, 0) is 161 Å². The molecular formula is C118H97BN10. The van der Waals surface area contributed by atoms with Crippen LogP contribution in [-0.2, 0) is 21.7 Å². The standard InChI is InChI=1S/C118H97BN10/c1-115(2,3)82-63-81(64-83(66-82)116(4,5)6)80-59-61-96-102(65-80)128(107-92(74-39-19-13-20-40-74)67-84(117(7,8)9)69-94(107)113-122-109(76-43-23-15-24-44-76)120-110(123-113)77-45-25-16-26-46-77)104-72-87(127-100-57-37-33-53-90(100)91-54-34-38-58-101(91)127)73-105-106(104)119(96)97-62-60-86(126-98-55-35-31-51-88(98)89-52-32-36-56-99(89)126)71-103(97)129(105)108-93(75-41-21-14-22-42-75)68-85(118(10,11)12)70-95(108)114-124-111(78-47-27-17-28-48-78)121-112(125-114)79-49-29-18-30-50-79/h13-73H,1-12H3/i31D,32D,33D,34D,35D,36D,37D,38D,51D,52D,53D,54D,55D,56D,57D,58D. The SMILES string of the molecule is [2H]c1c([2H])c([2H])c2c(c1[2H])c1c([2H])c([2H])c([2H])c([2H])c1n2-c1ccc2c(c1)N(c1c(-c3ccccc3)cc(C(C)(C)C)cc1-c1nc(-c3ccccc3)nc(-c3ccccc3)n1)c1cc(-n3c4c([2H])c([2H])c([2H])c([2H])c4c4c([2H])c([2H])c([2H])c([2H])c43)cc3c1B2c1ccc(-c2cc(C(C)(C)C)cc(C(C)(C)C)c2)cc1N3c1c(-c2ccccc2)cc(C(C)(C)C)cc1-c1nc(-c2ccccc2)nc(-c2ccccc2)n1. The third-order valence-corrected chi connectivity index (χ3v) is 25.1. The second-order valence-electron chi connectivity index (χ2n) is 37.5. The van der Waals surface area contributed by atoms with Gasteiger partial charge in [0.1, 0.15) is 0 Å². The molecule has 2 aliphatic heterocycles. The van der Waals surface area contributed by atoms with Gasteiger partial charge in [0, 0.05) is 94.5 Å². The normalized spacial score (nSPS) is 14.5. The van der Waals surface area contributed by atoms with E-state index in [-0.39, 0.29) is 77.5 Å². The van der Waals surface area contributed by atoms with Crippen molar-refractivity contribution in [3.05, 3.63) is 392 Å². The van der Waals surface area contributed by atoms with Crippen molar-refractivity contribution in [2.75, 3.05) is 9.80 Å². The van der Waals surface area contributed by atoms with Crippen LogP contribution in [0.4, 0.5) is 34.1 Å². The molecular weight excluding hydrogens is 1570 g/mol. The highest BCUT2D eigenvalue weighted by atomic mass is 15.2. The zero-order valence-electron chi connectivity index (χ0n) is 89.5. The van der Waals surface area contributed by atoms with E-state index < -0.39 is 114 Å². The van der Waals surface area contributed by atoms with Crippen molar-refractivity contribution in [2.24, 2.45) is 0 Å². The molecule has 0 amide bonds. The second-order valence-corrected chi connectivity index (χ2v) is 37.5. The molecule has 0 unspecified atom stereocenters. The number of fused-ring (bicyclic) bond motifs is 10. The molecule has 0 atom stereocenters. The molecule has 20 aromatic rings. The van der Waals surface area contributed by atoms with Crippen molar-refractivity contribution >= 4 is 101 Å². The smallest absolute Gasteiger partial charge is 0.252 e. The highest BCUT2D eigenvalue weighted by Crippen LogP contribution is 2.56. The fourth-order valence-electron chi connectivity index (χ4n) is 18.4. The van der Waals surface area contributed by atoms with E-state index in [9.17, 15) is 21.9 Å². The molecule has 11 heteroatoms. The molecule has 0 saturated heterocycles. The molecule has 0 saturated carbocycles. The molecule has 22 rings (SSSR count). The van der Waals surface area contributed by atoms with Crippen LogP contribution in [0, 0.1) is 0 Å². The second kappa shape index (κ2) is 30.8. The summed E-state index contributed by atoms with van der Waals surface area (Å²) in [6.07, 6.45) is 0. The van der Waals surface area contributed by atoms with Crippen molar-refractivity contribution in [2.45, 2.75) is 105 Å². The summed E-state index contributed by atoms with van der Waals surface area (Å²) < 4.78 is 161. The topological polar surface area (TPSA) is 93.7 Å². The maximum absolute atomic E-state index is 10.6. The predicted molar refractivity (Wildman–Crippen MR) is 540 cm³/mol. The van der Waals surface area contributed by atoms with E-state index in [2.05, 4.69) is 166 Å². The molecule has 0 radical (unpaired) electrons. The summed E-state index contributed by atoms with van der Waals surface area (Å²) >= 11 is 0. The number of para-hydroxylation sites is 4. The zero-order chi connectivity index (χ0) is 102. The lowest BCUT2D eigenvalue weighted by atomic mass is 9.33. The van der Waals surface area contributed by atoms with Gasteiger partial charge in [0.2, 0.25) is 0 Å². The van der Waals surface area contributed by atoms with Gasteiger partial charge in [0.25, 0.3) is 6.71 Å². The largest absolute Gasteiger partial charge is 0.310 e. The fourth-order valence-corrected chi connectivity index (χ4v) is 18.4. The van der Waals surface area contributed by atoms with Gasteiger partial charge in [-0.3, -0.25) is 0 Å². The van der Waals surface area contributed by atoms with Crippen molar-refractivity contribution in [3.8, 4) is 113 Å². The van der Waals surface area contributed by atoms with Crippen molar-refractivity contribution in [3.63, 3.8) is 0 Å². The molecule has 129 heavy (non-hydrogen) atoms. The van der Waals surface area contributed by atoms with Gasteiger partial charge in [0.05, 0.1) is 61.1 Å². The van der Waals surface area contributed by atoms with E-state index in [4.69, 9.17) is 29.9 Å². The monoisotopic (exact) mass is 1680 g/mol. The molecule has 10 nitrogen and oxygen atoms in total. The number of anilines is 6. The Bertz CT molecular complexity index is 8570. The minimum Gasteiger partial charge on any atom is -0.310 e. The molecule has 4 aromatic heterocycles. The molecule has 2 aliphatic rings. The van der Waals surface area contributed by atoms with E-state index in [0.29, 0.717) is 118 Å². The van der Waals surface area contributed by atoms with Crippen LogP contribution in [0.1, 0.15) is 127 Å². The van der Waals surface area contributed by atoms with E-state index in [0.717, 1.165) is 44.4 Å². The number of rotatable bonds is 13. The van der Waals surface area contributed by atoms with Crippen LogP contribution in [0.5, 0.6) is 0 Å². The average molecular weight is 1680 g/mol. The van der Waals surface area contributed by atoms with Gasteiger partial charge in [0.15, 0.2) is 34.9 Å². The first-order chi connectivity index (χ1) is 69.1. The van der Waals surface area contributed by atoms with Gasteiger partial charge in [-0.25, -0.2) is 29.9 Å². The first-order valence-corrected chi connectivity index (χ1v) is 43.6. The zero-order valence-corrected chi connectivity index (χ0v) is 73.5. The van der Waals surface area contributed by atoms with Gasteiger partial charge in [-0.2, -0.15) is 0 Å². The Morgan fingerprint density at radius 3 is 0.876 bits per heavy atom. The predicted octanol–water partition coefficient (Wildman–Crippen LogP) is 28.5. The fraction of sp³-hybridized carbons (Fsp3) is 0.136. The van der Waals surface area contributed by atoms with E-state index >= 15 is 0 Å². The van der Waals surface area contributed by atoms with Crippen LogP contribution in [0.2, 0.25) is 0 Å². The summed E-state index contributed by atoms with van der Waals surface area (Å²) in [4.78, 5) is 38.0. The minimum absolute atomic E-state index is 0.123. The molecule has 0 bridgehead atoms. The van der Waals surface area contributed by atoms with E-state index in [1.807, 2.05) is 200 Å². The average Bonchev–Trinajstić information content (AvgIpc) is 1.65. The van der Waals surface area contributed by atoms with Gasteiger partial charge < -0.3 is 18.9 Å². The Balaban J connectivity index is 1.02. The van der Waals surface area contributed by atoms with Crippen LogP contribution in [0.25, 0.3) is 157 Å². The van der Waals surface area contributed by atoms with Crippen LogP contribution in [0.15, 0.2) is 370 Å². The summed E-state index contributed by atoms with van der Waals surface area (Å²) in [5, 5.41) is -0.661. The van der Waals surface area contributed by atoms with Gasteiger partial charge in [-0.15, -0.1) is 0 Å². The lowest BCUT2D eigenvalue weighted by Gasteiger charge is -2.46. The third kappa shape index (κ3) is 14.0. The van der Waals surface area contributed by atoms with Gasteiger partial charge in [-0.1, -0.05) is 374 Å². The van der Waals surface area contributed by atoms with Crippen molar-refractivity contribution < 1.29 is 21.9 Å². The Labute approximate surface area is 777 Å². The number of benzene rings is 16. The Kier molecular flexibility index (Phi) is 15.2. The molecule has 16 aromatic carbocycles. The van der Waals surface area contributed by atoms with Crippen molar-refractivity contribution in [1.29, 1.82) is 0 Å². The molecule has 0 spiro atoms. The summed E-state index contributed by atoms with van der Waals surface area (Å²) in [6, 6.07) is 81.2. The first-order valence-electron chi connectivity index (χ1n) is 51.6. The highest BCUT2D eigenvalue weighted by Gasteiger charge is 2.47. The number of aromatic nitrogens is 8. The molecule has 0 N–H and O–H groups in total. The highest BCUT2D eigenvalue weighted by molar-refractivity contribution is 7.00. The lowest BCUT2D eigenvalue weighted by molar-refractivity contribution is 0.569. The number of nitrogens with zero attached hydrogens (tertiary/aromatic N) is 10. The minimum atomic E-state index is -0.973. The van der Waals surface area contributed by atoms with Crippen LogP contribution < -0.4 is 26.2 Å². The summed E-state index contributed by atoms with van der Waals surface area (Å²) in [5.41, 5.74) is 14.3. The Morgan fingerprint density at radius 2 is 0.527 bits per heavy atom. The third-order valence-electron chi connectivity index (χ3n) is 25.1. The van der Waals surface area contributed by atoms with E-state index in [1.54, 1.807) is 4.57 Å². The molecule has 0 fully saturated rings. The summed E-state index contributed by atoms with van der Waals surface area (Å²) in [6.45, 7) is 25.2. The quantitative estimate of drug-likeness (QED) is 0.105. The molecule has 0 aliphatic carbocycles. The van der Waals surface area contributed by atoms with Crippen LogP contribution in [0.3, 0.4) is 0 Å². The maximum Gasteiger partial charge on any atom is 0.252 e. The molecule has 6 heterocycles. The first kappa shape index (κ1) is 63.7. The lowest BCUT2D eigenvalue weighted by Crippen LogP contribution is -2.61. The van der Waals surface area contributed by atoms with Gasteiger partial charge >= 0.3 is 0 Å². The Morgan fingerprint density at radius 1 is 0.240 bits per heavy atom.